The Bertz CT molecular complexity index is 1060. The van der Waals surface area contributed by atoms with Gasteiger partial charge in [0.15, 0.2) is 0 Å². The summed E-state index contributed by atoms with van der Waals surface area (Å²) in [6.07, 6.45) is 3.51. The van der Waals surface area contributed by atoms with Gasteiger partial charge in [-0.25, -0.2) is 9.59 Å². The lowest BCUT2D eigenvalue weighted by Crippen LogP contribution is -2.35. The number of alkyl carbamates (subject to hydrolysis) is 1. The summed E-state index contributed by atoms with van der Waals surface area (Å²) in [6.45, 7) is 7.79. The fourth-order valence-electron chi connectivity index (χ4n) is 3.55. The zero-order valence-electron chi connectivity index (χ0n) is 19.6. The molecule has 0 radical (unpaired) electrons. The summed E-state index contributed by atoms with van der Waals surface area (Å²) in [5.41, 5.74) is 3.33. The zero-order chi connectivity index (χ0) is 23.8. The number of esters is 1. The fourth-order valence-corrected chi connectivity index (χ4v) is 3.55. The Morgan fingerprint density at radius 3 is 2.42 bits per heavy atom. The first-order valence-electron chi connectivity index (χ1n) is 11.1. The Morgan fingerprint density at radius 2 is 1.79 bits per heavy atom. The molecule has 0 fully saturated rings. The Labute approximate surface area is 194 Å². The first-order valence-corrected chi connectivity index (χ1v) is 11.1. The number of carbonyl (C=O) groups is 2. The van der Waals surface area contributed by atoms with Gasteiger partial charge < -0.3 is 19.8 Å². The number of nitrogens with zero attached hydrogens (tertiary/aromatic N) is 1. The van der Waals surface area contributed by atoms with Crippen LogP contribution in [0.4, 0.5) is 4.79 Å². The Kier molecular flexibility index (Phi) is 7.87. The largest absolute Gasteiger partial charge is 0.462 e. The highest BCUT2D eigenvalue weighted by Crippen LogP contribution is 2.29. The van der Waals surface area contributed by atoms with Gasteiger partial charge >= 0.3 is 12.1 Å². The van der Waals surface area contributed by atoms with E-state index in [0.29, 0.717) is 17.7 Å². The van der Waals surface area contributed by atoms with Crippen LogP contribution in [0.2, 0.25) is 0 Å². The summed E-state index contributed by atoms with van der Waals surface area (Å²) < 4.78 is 10.7. The molecule has 3 rings (SSSR count). The molecule has 2 heterocycles. The molecule has 0 aliphatic rings. The average Bonchev–Trinajstić information content (AvgIpc) is 3.22. The third-order valence-electron chi connectivity index (χ3n) is 4.96. The average molecular weight is 450 g/mol. The van der Waals surface area contributed by atoms with E-state index in [1.165, 1.54) is 0 Å². The minimum atomic E-state index is -0.601. The molecule has 2 N–H and O–H groups in total. The maximum Gasteiger partial charge on any atom is 0.407 e. The number of rotatable bonds is 8. The molecular weight excluding hydrogens is 418 g/mol. The van der Waals surface area contributed by atoms with Crippen LogP contribution in [0.5, 0.6) is 0 Å². The van der Waals surface area contributed by atoms with E-state index < -0.39 is 17.7 Å². The normalized spacial score (nSPS) is 12.1. The number of hydrogen-bond donors (Lipinski definition) is 2. The van der Waals surface area contributed by atoms with Crippen molar-refractivity contribution >= 4 is 12.1 Å². The van der Waals surface area contributed by atoms with E-state index in [4.69, 9.17) is 9.47 Å². The van der Waals surface area contributed by atoms with Crippen molar-refractivity contribution in [2.45, 2.75) is 45.6 Å². The van der Waals surface area contributed by atoms with Gasteiger partial charge in [-0.3, -0.25) is 4.98 Å². The second kappa shape index (κ2) is 10.8. The minimum absolute atomic E-state index is 0.213. The van der Waals surface area contributed by atoms with E-state index in [0.717, 1.165) is 16.8 Å². The highest BCUT2D eigenvalue weighted by molar-refractivity contribution is 5.93. The molecule has 0 aliphatic heterocycles. The Hall–Kier alpha value is -3.61. The van der Waals surface area contributed by atoms with Gasteiger partial charge in [0.2, 0.25) is 0 Å². The first-order chi connectivity index (χ1) is 15.8. The second-order valence-corrected chi connectivity index (χ2v) is 8.74. The van der Waals surface area contributed by atoms with Crippen molar-refractivity contribution in [3.8, 4) is 11.3 Å². The molecule has 1 amide bonds. The molecule has 7 heteroatoms. The molecule has 3 aromatic rings. The summed E-state index contributed by atoms with van der Waals surface area (Å²) in [4.78, 5) is 32.7. The predicted octanol–water partition coefficient (Wildman–Crippen LogP) is 5.10. The number of carbonyl (C=O) groups excluding carboxylic acids is 2. The van der Waals surface area contributed by atoms with Crippen molar-refractivity contribution in [2.75, 3.05) is 13.2 Å². The van der Waals surface area contributed by atoms with Crippen LogP contribution in [0.1, 0.15) is 55.2 Å². The van der Waals surface area contributed by atoms with Gasteiger partial charge in [-0.15, -0.1) is 0 Å². The van der Waals surface area contributed by atoms with Crippen LogP contribution in [0.15, 0.2) is 60.9 Å². The van der Waals surface area contributed by atoms with Crippen LogP contribution in [0, 0.1) is 0 Å². The van der Waals surface area contributed by atoms with Crippen LogP contribution in [0.3, 0.4) is 0 Å². The van der Waals surface area contributed by atoms with Crippen molar-refractivity contribution in [1.82, 2.24) is 15.3 Å². The van der Waals surface area contributed by atoms with Crippen molar-refractivity contribution in [3.05, 3.63) is 77.7 Å². The molecule has 33 heavy (non-hydrogen) atoms. The monoisotopic (exact) mass is 449 g/mol. The van der Waals surface area contributed by atoms with Gasteiger partial charge in [0.05, 0.1) is 12.2 Å². The van der Waals surface area contributed by atoms with Crippen molar-refractivity contribution < 1.29 is 19.1 Å². The van der Waals surface area contributed by atoms with Crippen LogP contribution in [-0.2, 0) is 15.9 Å². The van der Waals surface area contributed by atoms with Crippen LogP contribution in [0.25, 0.3) is 11.3 Å². The summed E-state index contributed by atoms with van der Waals surface area (Å²) in [5, 5.41) is 2.86. The predicted molar refractivity (Wildman–Crippen MR) is 127 cm³/mol. The van der Waals surface area contributed by atoms with Crippen molar-refractivity contribution in [2.24, 2.45) is 0 Å². The van der Waals surface area contributed by atoms with Crippen molar-refractivity contribution in [3.63, 3.8) is 0 Å². The molecule has 1 unspecified atom stereocenters. The highest BCUT2D eigenvalue weighted by Gasteiger charge is 2.26. The molecule has 0 saturated heterocycles. The summed E-state index contributed by atoms with van der Waals surface area (Å²) in [6, 6.07) is 15.5. The molecule has 174 valence electrons. The third kappa shape index (κ3) is 6.94. The number of aromatic amines is 1. The van der Waals surface area contributed by atoms with Gasteiger partial charge in [-0.2, -0.15) is 0 Å². The van der Waals surface area contributed by atoms with E-state index in [-0.39, 0.29) is 19.1 Å². The lowest BCUT2D eigenvalue weighted by molar-refractivity contribution is 0.0520. The van der Waals surface area contributed by atoms with Gasteiger partial charge in [0.25, 0.3) is 0 Å². The smallest absolute Gasteiger partial charge is 0.407 e. The fraction of sp³-hybridized carbons (Fsp3) is 0.346. The Balaban J connectivity index is 1.97. The van der Waals surface area contributed by atoms with Gasteiger partial charge in [0, 0.05) is 41.8 Å². The standard InChI is InChI=1S/C26H31N3O4/c1-5-32-24(30)21-16-22(19-11-13-27-14-12-19)29-23(21)20(15-18-9-7-6-8-10-18)17-28-25(31)33-26(2,3)4/h6-14,16,20,29H,5,15,17H2,1-4H3,(H,28,31). The molecule has 1 atom stereocenters. The number of H-pyrrole nitrogens is 1. The summed E-state index contributed by atoms with van der Waals surface area (Å²) in [7, 11) is 0. The molecule has 7 nitrogen and oxygen atoms in total. The topological polar surface area (TPSA) is 93.3 Å². The first kappa shape index (κ1) is 24.0. The number of hydrogen-bond acceptors (Lipinski definition) is 5. The number of nitrogens with one attached hydrogen (secondary N) is 2. The lowest BCUT2D eigenvalue weighted by Gasteiger charge is -2.22. The maximum absolute atomic E-state index is 12.8. The molecule has 1 aromatic carbocycles. The highest BCUT2D eigenvalue weighted by atomic mass is 16.6. The number of ether oxygens (including phenoxy) is 2. The summed E-state index contributed by atoms with van der Waals surface area (Å²) in [5.74, 6) is -0.616. The number of pyridine rings is 1. The molecule has 0 aliphatic carbocycles. The molecule has 0 saturated carbocycles. The summed E-state index contributed by atoms with van der Waals surface area (Å²) >= 11 is 0. The molecule has 2 aromatic heterocycles. The van der Waals surface area contributed by atoms with E-state index in [1.807, 2.05) is 63.2 Å². The molecular formula is C26H31N3O4. The molecule has 0 bridgehead atoms. The Morgan fingerprint density at radius 1 is 1.09 bits per heavy atom. The minimum Gasteiger partial charge on any atom is -0.462 e. The van der Waals surface area contributed by atoms with E-state index in [1.54, 1.807) is 25.4 Å². The second-order valence-electron chi connectivity index (χ2n) is 8.74. The van der Waals surface area contributed by atoms with Gasteiger partial charge in [-0.05, 0) is 57.9 Å². The van der Waals surface area contributed by atoms with E-state index >= 15 is 0 Å². The third-order valence-corrected chi connectivity index (χ3v) is 4.96. The molecule has 0 spiro atoms. The zero-order valence-corrected chi connectivity index (χ0v) is 19.6. The van der Waals surface area contributed by atoms with E-state index in [9.17, 15) is 9.59 Å². The number of amides is 1. The quantitative estimate of drug-likeness (QED) is 0.467. The number of benzene rings is 1. The van der Waals surface area contributed by atoms with Crippen LogP contribution >= 0.6 is 0 Å². The van der Waals surface area contributed by atoms with Crippen LogP contribution < -0.4 is 5.32 Å². The number of aromatic nitrogens is 2. The van der Waals surface area contributed by atoms with Gasteiger partial charge in [-0.1, -0.05) is 30.3 Å². The van der Waals surface area contributed by atoms with Crippen LogP contribution in [-0.4, -0.2) is 40.8 Å². The van der Waals surface area contributed by atoms with E-state index in [2.05, 4.69) is 15.3 Å². The maximum atomic E-state index is 12.8. The SMILES string of the molecule is CCOC(=O)c1cc(-c2ccncc2)[nH]c1C(CNC(=O)OC(C)(C)C)Cc1ccccc1. The van der Waals surface area contributed by atoms with Crippen molar-refractivity contribution in [1.29, 1.82) is 0 Å². The van der Waals surface area contributed by atoms with Gasteiger partial charge in [0.1, 0.15) is 5.60 Å². The lowest BCUT2D eigenvalue weighted by atomic mass is 9.93.